The number of hydrogen-bond donors (Lipinski definition) is 1. The number of rotatable bonds is 30. The molecular weight excluding hydrogens is 512 g/mol. The Labute approximate surface area is 263 Å². The first kappa shape index (κ1) is 38.7. The molecule has 2 heteroatoms. The third kappa shape index (κ3) is 19.1. The molecule has 0 fully saturated rings. The topological polar surface area (TPSA) is 37.3 Å². The smallest absolute Gasteiger partial charge is 0.335 e. The molecule has 1 aromatic rings. The lowest BCUT2D eigenvalue weighted by Gasteiger charge is -2.21. The SMILES string of the molecule is CCCCCCCCCCCCC(C)Cc1c(CCCCCCCC)ccc(C(=O)O)c1CCCCCCCCCC. The van der Waals surface area contributed by atoms with Crippen LogP contribution in [0.25, 0.3) is 0 Å². The number of unbranched alkanes of at least 4 members (excludes halogenated alkanes) is 21. The third-order valence-corrected chi connectivity index (χ3v) is 9.44. The Bertz CT molecular complexity index is 767. The van der Waals surface area contributed by atoms with Gasteiger partial charge in [0.05, 0.1) is 5.56 Å². The van der Waals surface area contributed by atoms with Crippen LogP contribution in [0, 0.1) is 5.92 Å². The second kappa shape index (κ2) is 27.3. The fraction of sp³-hybridized carbons (Fsp3) is 0.825. The molecule has 244 valence electrons. The van der Waals surface area contributed by atoms with Crippen molar-refractivity contribution in [3.63, 3.8) is 0 Å². The molecule has 42 heavy (non-hydrogen) atoms. The van der Waals surface area contributed by atoms with Gasteiger partial charge in [0, 0.05) is 0 Å². The molecular formula is C40H72O2. The maximum Gasteiger partial charge on any atom is 0.335 e. The summed E-state index contributed by atoms with van der Waals surface area (Å²) in [5, 5.41) is 10.1. The largest absolute Gasteiger partial charge is 0.478 e. The van der Waals surface area contributed by atoms with Crippen LogP contribution in [0.15, 0.2) is 12.1 Å². The van der Waals surface area contributed by atoms with Gasteiger partial charge < -0.3 is 5.11 Å². The first-order valence-electron chi connectivity index (χ1n) is 18.9. The summed E-state index contributed by atoms with van der Waals surface area (Å²) in [6, 6.07) is 4.11. The van der Waals surface area contributed by atoms with E-state index < -0.39 is 5.97 Å². The lowest BCUT2D eigenvalue weighted by molar-refractivity contribution is 0.0695. The lowest BCUT2D eigenvalue weighted by atomic mass is 9.84. The van der Waals surface area contributed by atoms with Gasteiger partial charge in [-0.1, -0.05) is 181 Å². The monoisotopic (exact) mass is 585 g/mol. The van der Waals surface area contributed by atoms with Crippen molar-refractivity contribution in [1.82, 2.24) is 0 Å². The van der Waals surface area contributed by atoms with Crippen LogP contribution in [0.2, 0.25) is 0 Å². The molecule has 0 aliphatic heterocycles. The van der Waals surface area contributed by atoms with E-state index in [1.165, 1.54) is 171 Å². The van der Waals surface area contributed by atoms with E-state index in [0.29, 0.717) is 11.5 Å². The van der Waals surface area contributed by atoms with Crippen LogP contribution < -0.4 is 0 Å². The molecule has 0 aromatic heterocycles. The van der Waals surface area contributed by atoms with Crippen LogP contribution in [0.1, 0.15) is 215 Å². The number of carboxylic acid groups (broad SMARTS) is 1. The number of hydrogen-bond acceptors (Lipinski definition) is 1. The molecule has 0 saturated carbocycles. The van der Waals surface area contributed by atoms with Crippen LogP contribution in [0.3, 0.4) is 0 Å². The van der Waals surface area contributed by atoms with Gasteiger partial charge in [-0.3, -0.25) is 0 Å². The Hall–Kier alpha value is -1.31. The number of carboxylic acids is 1. The zero-order valence-corrected chi connectivity index (χ0v) is 28.9. The summed E-state index contributed by atoms with van der Waals surface area (Å²) < 4.78 is 0. The molecule has 0 spiro atoms. The number of aryl methyl sites for hydroxylation is 1. The van der Waals surface area contributed by atoms with Gasteiger partial charge in [0.2, 0.25) is 0 Å². The Kier molecular flexibility index (Phi) is 25.1. The molecule has 1 rings (SSSR count). The number of carbonyl (C=O) groups is 1. The molecule has 1 unspecified atom stereocenters. The van der Waals surface area contributed by atoms with Gasteiger partial charge in [-0.2, -0.15) is 0 Å². The Morgan fingerprint density at radius 2 is 0.952 bits per heavy atom. The van der Waals surface area contributed by atoms with E-state index >= 15 is 0 Å². The minimum absolute atomic E-state index is 0.575. The molecule has 1 atom stereocenters. The van der Waals surface area contributed by atoms with Gasteiger partial charge in [0.25, 0.3) is 0 Å². The highest BCUT2D eigenvalue weighted by atomic mass is 16.4. The fourth-order valence-corrected chi connectivity index (χ4v) is 6.68. The molecule has 0 saturated heterocycles. The highest BCUT2D eigenvalue weighted by Gasteiger charge is 2.19. The molecule has 0 radical (unpaired) electrons. The maximum absolute atomic E-state index is 12.3. The summed E-state index contributed by atoms with van der Waals surface area (Å²) >= 11 is 0. The van der Waals surface area contributed by atoms with E-state index in [1.54, 1.807) is 0 Å². The van der Waals surface area contributed by atoms with Gasteiger partial charge in [-0.05, 0) is 60.8 Å². The Morgan fingerprint density at radius 3 is 1.40 bits per heavy atom. The zero-order valence-electron chi connectivity index (χ0n) is 28.9. The summed E-state index contributed by atoms with van der Waals surface area (Å²) in [6.45, 7) is 9.26. The van der Waals surface area contributed by atoms with E-state index in [2.05, 4.69) is 33.8 Å². The predicted octanol–water partition coefficient (Wildman–Crippen LogP) is 13.5. The van der Waals surface area contributed by atoms with Crippen molar-refractivity contribution in [1.29, 1.82) is 0 Å². The van der Waals surface area contributed by atoms with Crippen molar-refractivity contribution in [2.24, 2.45) is 5.92 Å². The van der Waals surface area contributed by atoms with Crippen molar-refractivity contribution in [2.45, 2.75) is 207 Å². The van der Waals surface area contributed by atoms with Crippen molar-refractivity contribution >= 4 is 5.97 Å². The molecule has 2 nitrogen and oxygen atoms in total. The first-order chi connectivity index (χ1) is 20.5. The molecule has 1 N–H and O–H groups in total. The predicted molar refractivity (Wildman–Crippen MR) is 186 cm³/mol. The van der Waals surface area contributed by atoms with Crippen LogP contribution in [0.4, 0.5) is 0 Å². The quantitative estimate of drug-likeness (QED) is 0.0913. The van der Waals surface area contributed by atoms with E-state index in [4.69, 9.17) is 0 Å². The fourth-order valence-electron chi connectivity index (χ4n) is 6.68. The molecule has 0 aliphatic carbocycles. The average Bonchev–Trinajstić information content (AvgIpc) is 2.98. The first-order valence-corrected chi connectivity index (χ1v) is 18.9. The Morgan fingerprint density at radius 1 is 0.548 bits per heavy atom. The Balaban J connectivity index is 2.74. The minimum atomic E-state index is -0.737. The van der Waals surface area contributed by atoms with Gasteiger partial charge in [-0.25, -0.2) is 4.79 Å². The normalized spacial score (nSPS) is 12.2. The molecule has 0 amide bonds. The van der Waals surface area contributed by atoms with Gasteiger partial charge in [0.15, 0.2) is 0 Å². The highest BCUT2D eigenvalue weighted by Crippen LogP contribution is 2.29. The summed E-state index contributed by atoms with van der Waals surface area (Å²) in [7, 11) is 0. The second-order valence-corrected chi connectivity index (χ2v) is 13.6. The second-order valence-electron chi connectivity index (χ2n) is 13.6. The number of aromatic carboxylic acids is 1. The van der Waals surface area contributed by atoms with Gasteiger partial charge in [0.1, 0.15) is 0 Å². The molecule has 1 aromatic carbocycles. The third-order valence-electron chi connectivity index (χ3n) is 9.44. The standard InChI is InChI=1S/C40H72O2/c1-5-8-11-14-17-19-20-21-23-26-29-35(4)34-39-36(30-27-24-16-13-10-7-3)32-33-38(40(41)42)37(39)31-28-25-22-18-15-12-9-6-2/h32-33,35H,5-31,34H2,1-4H3,(H,41,42). The van der Waals surface area contributed by atoms with E-state index in [-0.39, 0.29) is 0 Å². The van der Waals surface area contributed by atoms with Crippen LogP contribution in [0.5, 0.6) is 0 Å². The summed E-state index contributed by atoms with van der Waals surface area (Å²) in [5.74, 6) is -0.122. The average molecular weight is 585 g/mol. The van der Waals surface area contributed by atoms with Gasteiger partial charge in [-0.15, -0.1) is 0 Å². The van der Waals surface area contributed by atoms with Crippen molar-refractivity contribution < 1.29 is 9.90 Å². The van der Waals surface area contributed by atoms with Crippen LogP contribution >= 0.6 is 0 Å². The number of benzene rings is 1. The molecule has 0 aliphatic rings. The summed E-state index contributed by atoms with van der Waals surface area (Å²) in [4.78, 5) is 12.3. The zero-order chi connectivity index (χ0) is 30.7. The maximum atomic E-state index is 12.3. The minimum Gasteiger partial charge on any atom is -0.478 e. The molecule has 0 heterocycles. The van der Waals surface area contributed by atoms with Crippen molar-refractivity contribution in [3.05, 3.63) is 34.4 Å². The van der Waals surface area contributed by atoms with E-state index in [1.807, 2.05) is 6.07 Å². The highest BCUT2D eigenvalue weighted by molar-refractivity contribution is 5.90. The van der Waals surface area contributed by atoms with Crippen LogP contribution in [-0.2, 0) is 19.3 Å². The van der Waals surface area contributed by atoms with Gasteiger partial charge >= 0.3 is 5.97 Å². The van der Waals surface area contributed by atoms with Crippen molar-refractivity contribution in [2.75, 3.05) is 0 Å². The summed E-state index contributed by atoms with van der Waals surface area (Å²) in [6.07, 6.45) is 36.3. The molecule has 0 bridgehead atoms. The summed E-state index contributed by atoms with van der Waals surface area (Å²) in [5.41, 5.74) is 4.60. The lowest BCUT2D eigenvalue weighted by Crippen LogP contribution is -2.12. The van der Waals surface area contributed by atoms with Crippen molar-refractivity contribution in [3.8, 4) is 0 Å². The van der Waals surface area contributed by atoms with Crippen LogP contribution in [-0.4, -0.2) is 11.1 Å². The van der Waals surface area contributed by atoms with E-state index in [0.717, 1.165) is 25.7 Å². The van der Waals surface area contributed by atoms with E-state index in [9.17, 15) is 9.90 Å².